The summed E-state index contributed by atoms with van der Waals surface area (Å²) in [5.74, 6) is -2.08. The number of hydrogen-bond donors (Lipinski definition) is 1. The highest BCUT2D eigenvalue weighted by Gasteiger charge is 2.36. The smallest absolute Gasteiger partial charge is 0.248 e. The quantitative estimate of drug-likeness (QED) is 0.729. The Morgan fingerprint density at radius 3 is 2.38 bits per heavy atom. The molecule has 0 aromatic rings. The van der Waals surface area contributed by atoms with Crippen molar-refractivity contribution in [1.29, 1.82) is 0 Å². The molecule has 1 aliphatic rings. The molecule has 0 aromatic carbocycles. The lowest BCUT2D eigenvalue weighted by molar-refractivity contribution is -0.0484. The van der Waals surface area contributed by atoms with Gasteiger partial charge in [-0.3, -0.25) is 0 Å². The van der Waals surface area contributed by atoms with Crippen LogP contribution in [0.3, 0.4) is 0 Å². The Labute approximate surface area is 78.7 Å². The fourth-order valence-electron chi connectivity index (χ4n) is 2.06. The largest absolute Gasteiger partial charge is 0.327 e. The Kier molecular flexibility index (Phi) is 3.65. The number of alkyl halides is 2. The first-order chi connectivity index (χ1) is 6.05. The summed E-state index contributed by atoms with van der Waals surface area (Å²) < 4.78 is 25.6. The fraction of sp³-hybridized carbons (Fsp3) is 1.00. The van der Waals surface area contributed by atoms with Gasteiger partial charge in [-0.25, -0.2) is 8.78 Å². The van der Waals surface area contributed by atoms with Gasteiger partial charge in [-0.15, -0.1) is 0 Å². The lowest BCUT2D eigenvalue weighted by Gasteiger charge is -2.31. The van der Waals surface area contributed by atoms with Crippen LogP contribution < -0.4 is 5.73 Å². The Morgan fingerprint density at radius 2 is 1.92 bits per heavy atom. The highest BCUT2D eigenvalue weighted by molar-refractivity contribution is 4.82. The third-order valence-corrected chi connectivity index (χ3v) is 2.99. The Hall–Kier alpha value is -0.180. The van der Waals surface area contributed by atoms with E-state index in [2.05, 4.69) is 6.92 Å². The molecule has 1 saturated carbocycles. The van der Waals surface area contributed by atoms with Crippen molar-refractivity contribution in [2.24, 2.45) is 11.7 Å². The molecule has 1 unspecified atom stereocenters. The first kappa shape index (κ1) is 10.9. The zero-order chi connectivity index (χ0) is 9.90. The summed E-state index contributed by atoms with van der Waals surface area (Å²) in [7, 11) is 0. The van der Waals surface area contributed by atoms with Gasteiger partial charge in [0.1, 0.15) is 0 Å². The summed E-state index contributed by atoms with van der Waals surface area (Å²) >= 11 is 0. The fourth-order valence-corrected chi connectivity index (χ4v) is 2.06. The van der Waals surface area contributed by atoms with E-state index in [1.165, 1.54) is 0 Å². The van der Waals surface area contributed by atoms with Crippen LogP contribution in [0.1, 0.15) is 45.4 Å². The molecule has 13 heavy (non-hydrogen) atoms. The summed E-state index contributed by atoms with van der Waals surface area (Å²) in [6.45, 7) is 2.08. The maximum atomic E-state index is 12.8. The van der Waals surface area contributed by atoms with Crippen molar-refractivity contribution in [3.05, 3.63) is 0 Å². The molecule has 3 heteroatoms. The molecule has 1 aliphatic carbocycles. The Balaban J connectivity index is 2.32. The van der Waals surface area contributed by atoms with E-state index in [0.29, 0.717) is 18.8 Å². The van der Waals surface area contributed by atoms with Gasteiger partial charge in [0, 0.05) is 18.9 Å². The summed E-state index contributed by atoms with van der Waals surface area (Å²) in [6, 6.07) is 0.140. The van der Waals surface area contributed by atoms with Crippen LogP contribution in [0.5, 0.6) is 0 Å². The highest BCUT2D eigenvalue weighted by atomic mass is 19.3. The lowest BCUT2D eigenvalue weighted by Crippen LogP contribution is -2.35. The summed E-state index contributed by atoms with van der Waals surface area (Å²) in [6.07, 6.45) is 3.30. The first-order valence-corrected chi connectivity index (χ1v) is 5.18. The Bertz CT molecular complexity index is 149. The van der Waals surface area contributed by atoms with Crippen molar-refractivity contribution in [2.75, 3.05) is 0 Å². The molecule has 0 saturated heterocycles. The van der Waals surface area contributed by atoms with Crippen molar-refractivity contribution >= 4 is 0 Å². The topological polar surface area (TPSA) is 26.0 Å². The van der Waals surface area contributed by atoms with E-state index in [9.17, 15) is 8.78 Å². The van der Waals surface area contributed by atoms with Crippen molar-refractivity contribution in [3.63, 3.8) is 0 Å². The molecule has 78 valence electrons. The minimum atomic E-state index is -2.41. The van der Waals surface area contributed by atoms with Crippen molar-refractivity contribution < 1.29 is 8.78 Å². The van der Waals surface area contributed by atoms with Crippen LogP contribution >= 0.6 is 0 Å². The predicted octanol–water partition coefficient (Wildman–Crippen LogP) is 2.94. The maximum absolute atomic E-state index is 12.8. The summed E-state index contributed by atoms with van der Waals surface area (Å²) in [5.41, 5.74) is 5.90. The van der Waals surface area contributed by atoms with Gasteiger partial charge in [0.25, 0.3) is 0 Å². The molecular weight excluding hydrogens is 172 g/mol. The molecule has 1 rings (SSSR count). The molecule has 0 radical (unpaired) electrons. The average molecular weight is 191 g/mol. The average Bonchev–Trinajstić information content (AvgIpc) is 2.04. The minimum Gasteiger partial charge on any atom is -0.327 e. The molecule has 0 bridgehead atoms. The van der Waals surface area contributed by atoms with Gasteiger partial charge in [0.2, 0.25) is 5.92 Å². The second-order valence-electron chi connectivity index (χ2n) is 4.15. The zero-order valence-corrected chi connectivity index (χ0v) is 8.23. The number of rotatable bonds is 3. The number of nitrogens with two attached hydrogens (primary N) is 1. The second-order valence-corrected chi connectivity index (χ2v) is 4.15. The van der Waals surface area contributed by atoms with E-state index in [1.807, 2.05) is 0 Å². The van der Waals surface area contributed by atoms with E-state index in [-0.39, 0.29) is 18.9 Å². The lowest BCUT2D eigenvalue weighted by atomic mass is 9.81. The van der Waals surface area contributed by atoms with Gasteiger partial charge in [-0.2, -0.15) is 0 Å². The van der Waals surface area contributed by atoms with Gasteiger partial charge >= 0.3 is 0 Å². The standard InChI is InChI=1S/C10H19F2N/c1-2-3-9(13)8-4-6-10(11,12)7-5-8/h8-9H,2-7,13H2,1H3. The molecule has 0 amide bonds. The highest BCUT2D eigenvalue weighted by Crippen LogP contribution is 2.37. The van der Waals surface area contributed by atoms with Gasteiger partial charge in [-0.05, 0) is 25.2 Å². The molecule has 0 heterocycles. The third kappa shape index (κ3) is 3.22. The Morgan fingerprint density at radius 1 is 1.38 bits per heavy atom. The zero-order valence-electron chi connectivity index (χ0n) is 8.23. The van der Waals surface area contributed by atoms with E-state index in [0.717, 1.165) is 12.8 Å². The van der Waals surface area contributed by atoms with Crippen molar-refractivity contribution in [3.8, 4) is 0 Å². The molecular formula is C10H19F2N. The van der Waals surface area contributed by atoms with Gasteiger partial charge in [0.15, 0.2) is 0 Å². The van der Waals surface area contributed by atoms with Crippen LogP contribution in [0.2, 0.25) is 0 Å². The number of halogens is 2. The van der Waals surface area contributed by atoms with Gasteiger partial charge < -0.3 is 5.73 Å². The van der Waals surface area contributed by atoms with Crippen LogP contribution in [0.4, 0.5) is 8.78 Å². The monoisotopic (exact) mass is 191 g/mol. The molecule has 0 spiro atoms. The van der Waals surface area contributed by atoms with Gasteiger partial charge in [-0.1, -0.05) is 13.3 Å². The summed E-state index contributed by atoms with van der Waals surface area (Å²) in [4.78, 5) is 0. The van der Waals surface area contributed by atoms with Crippen molar-refractivity contribution in [1.82, 2.24) is 0 Å². The van der Waals surface area contributed by atoms with Crippen LogP contribution in [0.15, 0.2) is 0 Å². The van der Waals surface area contributed by atoms with E-state index >= 15 is 0 Å². The molecule has 1 atom stereocenters. The molecule has 0 aliphatic heterocycles. The first-order valence-electron chi connectivity index (χ1n) is 5.18. The summed E-state index contributed by atoms with van der Waals surface area (Å²) in [5, 5.41) is 0. The minimum absolute atomic E-state index is 0.0368. The molecule has 2 N–H and O–H groups in total. The molecule has 1 nitrogen and oxygen atoms in total. The molecule has 0 aromatic heterocycles. The van der Waals surface area contributed by atoms with E-state index in [1.54, 1.807) is 0 Å². The second kappa shape index (κ2) is 4.36. The van der Waals surface area contributed by atoms with Gasteiger partial charge in [0.05, 0.1) is 0 Å². The third-order valence-electron chi connectivity index (χ3n) is 2.99. The predicted molar refractivity (Wildman–Crippen MR) is 49.8 cm³/mol. The maximum Gasteiger partial charge on any atom is 0.248 e. The van der Waals surface area contributed by atoms with Crippen LogP contribution in [-0.4, -0.2) is 12.0 Å². The van der Waals surface area contributed by atoms with Crippen LogP contribution in [0.25, 0.3) is 0 Å². The van der Waals surface area contributed by atoms with Crippen molar-refractivity contribution in [2.45, 2.75) is 57.4 Å². The van der Waals surface area contributed by atoms with Crippen LogP contribution in [-0.2, 0) is 0 Å². The normalized spacial score (nSPS) is 25.8. The SMILES string of the molecule is CCCC(N)C1CCC(F)(F)CC1. The van der Waals surface area contributed by atoms with Crippen LogP contribution in [0, 0.1) is 5.92 Å². The van der Waals surface area contributed by atoms with E-state index in [4.69, 9.17) is 5.73 Å². The number of hydrogen-bond acceptors (Lipinski definition) is 1. The molecule has 1 fully saturated rings. The van der Waals surface area contributed by atoms with E-state index < -0.39 is 5.92 Å².